The van der Waals surface area contributed by atoms with E-state index in [1.807, 2.05) is 0 Å². The number of nitrogens with zero attached hydrogens (tertiary/aromatic N) is 1. The average molecular weight is 264 g/mol. The first-order chi connectivity index (χ1) is 7.73. The molecule has 0 radical (unpaired) electrons. The molecule has 0 heterocycles. The van der Waals surface area contributed by atoms with Gasteiger partial charge in [-0.15, -0.1) is 0 Å². The van der Waals surface area contributed by atoms with Gasteiger partial charge in [0.25, 0.3) is 0 Å². The van der Waals surface area contributed by atoms with Crippen molar-refractivity contribution >= 4 is 15.9 Å². The van der Waals surface area contributed by atoms with Crippen LogP contribution in [0.25, 0.3) is 0 Å². The van der Waals surface area contributed by atoms with Crippen molar-refractivity contribution in [1.29, 1.82) is 0 Å². The lowest BCUT2D eigenvalue weighted by Crippen LogP contribution is -2.35. The Kier molecular flexibility index (Phi) is 3.79. The van der Waals surface area contributed by atoms with Crippen LogP contribution in [0.1, 0.15) is 0 Å². The van der Waals surface area contributed by atoms with Gasteiger partial charge in [0.1, 0.15) is 11.6 Å². The minimum Gasteiger partial charge on any atom is -0.369 e. The van der Waals surface area contributed by atoms with E-state index in [0.29, 0.717) is 22.5 Å². The summed E-state index contributed by atoms with van der Waals surface area (Å²) >= 11 is 0. The van der Waals surface area contributed by atoms with E-state index in [1.54, 1.807) is 0 Å². The standard InChI is InChI=1S/C9H10F2N2O3S/c1-13(5-9(12)14)17(15,16)8-3-6(10)2-7(11)4-8/h2-4H,5H2,1H3,(H2,12,14). The maximum atomic E-state index is 12.9. The summed E-state index contributed by atoms with van der Waals surface area (Å²) in [6, 6.07) is 1.87. The van der Waals surface area contributed by atoms with Crippen LogP contribution in [0.2, 0.25) is 0 Å². The molecule has 0 saturated carbocycles. The van der Waals surface area contributed by atoms with Gasteiger partial charge < -0.3 is 5.73 Å². The van der Waals surface area contributed by atoms with E-state index in [2.05, 4.69) is 0 Å². The minimum absolute atomic E-state index is 0.549. The number of nitrogens with two attached hydrogens (primary N) is 1. The molecule has 0 fully saturated rings. The Balaban J connectivity index is 3.17. The molecular formula is C9H10F2N2O3S. The number of carbonyl (C=O) groups is 1. The zero-order valence-electron chi connectivity index (χ0n) is 8.85. The van der Waals surface area contributed by atoms with E-state index in [9.17, 15) is 22.0 Å². The molecule has 1 amide bonds. The van der Waals surface area contributed by atoms with Crippen molar-refractivity contribution in [3.63, 3.8) is 0 Å². The number of halogens is 2. The quantitative estimate of drug-likeness (QED) is 0.835. The maximum Gasteiger partial charge on any atom is 0.243 e. The molecule has 0 aliphatic heterocycles. The van der Waals surface area contributed by atoms with Gasteiger partial charge in [0.2, 0.25) is 15.9 Å². The number of likely N-dealkylation sites (N-methyl/N-ethyl adjacent to an activating group) is 1. The predicted octanol–water partition coefficient (Wildman–Crippen LogP) is 0.0706. The predicted molar refractivity (Wildman–Crippen MR) is 55.4 cm³/mol. The van der Waals surface area contributed by atoms with Crippen molar-refractivity contribution in [2.45, 2.75) is 4.90 Å². The topological polar surface area (TPSA) is 80.5 Å². The van der Waals surface area contributed by atoms with E-state index in [0.717, 1.165) is 7.05 Å². The highest BCUT2D eigenvalue weighted by molar-refractivity contribution is 7.89. The van der Waals surface area contributed by atoms with Crippen LogP contribution in [0.4, 0.5) is 8.78 Å². The largest absolute Gasteiger partial charge is 0.369 e. The lowest BCUT2D eigenvalue weighted by molar-refractivity contribution is -0.118. The molecule has 1 aromatic carbocycles. The third kappa shape index (κ3) is 3.21. The van der Waals surface area contributed by atoms with E-state index in [4.69, 9.17) is 5.73 Å². The second kappa shape index (κ2) is 4.76. The van der Waals surface area contributed by atoms with Crippen molar-refractivity contribution < 1.29 is 22.0 Å². The molecule has 8 heteroatoms. The van der Waals surface area contributed by atoms with E-state index in [1.165, 1.54) is 0 Å². The molecule has 0 bridgehead atoms. The molecule has 0 aliphatic rings. The Bertz CT molecular complexity index is 525. The van der Waals surface area contributed by atoms with Crippen LogP contribution in [-0.4, -0.2) is 32.2 Å². The molecule has 0 saturated heterocycles. The molecular weight excluding hydrogens is 254 g/mol. The number of amides is 1. The molecule has 2 N–H and O–H groups in total. The van der Waals surface area contributed by atoms with Crippen molar-refractivity contribution in [1.82, 2.24) is 4.31 Å². The van der Waals surface area contributed by atoms with Gasteiger partial charge in [-0.25, -0.2) is 17.2 Å². The first-order valence-corrected chi connectivity index (χ1v) is 5.88. The van der Waals surface area contributed by atoms with Crippen molar-refractivity contribution in [3.8, 4) is 0 Å². The fraction of sp³-hybridized carbons (Fsp3) is 0.222. The second-order valence-electron chi connectivity index (χ2n) is 3.33. The molecule has 94 valence electrons. The molecule has 1 rings (SSSR count). The normalized spacial score (nSPS) is 11.8. The first kappa shape index (κ1) is 13.5. The van der Waals surface area contributed by atoms with Crippen LogP contribution < -0.4 is 5.73 Å². The third-order valence-corrected chi connectivity index (χ3v) is 3.70. The summed E-state index contributed by atoms with van der Waals surface area (Å²) in [7, 11) is -3.04. The van der Waals surface area contributed by atoms with Crippen LogP contribution >= 0.6 is 0 Å². The molecule has 0 atom stereocenters. The minimum atomic E-state index is -4.13. The van der Waals surface area contributed by atoms with Crippen LogP contribution in [0.15, 0.2) is 23.1 Å². The highest BCUT2D eigenvalue weighted by Gasteiger charge is 2.23. The van der Waals surface area contributed by atoms with Gasteiger partial charge in [-0.05, 0) is 12.1 Å². The fourth-order valence-electron chi connectivity index (χ4n) is 1.16. The smallest absolute Gasteiger partial charge is 0.243 e. The van der Waals surface area contributed by atoms with Crippen molar-refractivity contribution in [2.24, 2.45) is 5.73 Å². The SMILES string of the molecule is CN(CC(N)=O)S(=O)(=O)c1cc(F)cc(F)c1. The fourth-order valence-corrected chi connectivity index (χ4v) is 2.34. The zero-order valence-corrected chi connectivity index (χ0v) is 9.67. The van der Waals surface area contributed by atoms with Gasteiger partial charge in [-0.2, -0.15) is 4.31 Å². The summed E-state index contributed by atoms with van der Waals surface area (Å²) in [5.41, 5.74) is 4.83. The second-order valence-corrected chi connectivity index (χ2v) is 5.38. The highest BCUT2D eigenvalue weighted by Crippen LogP contribution is 2.17. The third-order valence-electron chi connectivity index (χ3n) is 1.92. The summed E-state index contributed by atoms with van der Waals surface area (Å²) in [5.74, 6) is -2.90. The number of hydrogen-bond acceptors (Lipinski definition) is 3. The van der Waals surface area contributed by atoms with Gasteiger partial charge in [0, 0.05) is 13.1 Å². The Labute approximate surface area is 96.9 Å². The highest BCUT2D eigenvalue weighted by atomic mass is 32.2. The van der Waals surface area contributed by atoms with Gasteiger partial charge in [-0.3, -0.25) is 4.79 Å². The Hall–Kier alpha value is -1.54. The molecule has 1 aromatic rings. The number of sulfonamides is 1. The van der Waals surface area contributed by atoms with Crippen LogP contribution in [0.3, 0.4) is 0 Å². The molecule has 5 nitrogen and oxygen atoms in total. The average Bonchev–Trinajstić information content (AvgIpc) is 2.14. The number of primary amides is 1. The Morgan fingerprint density at radius 3 is 2.18 bits per heavy atom. The molecule has 0 aromatic heterocycles. The van der Waals surface area contributed by atoms with Crippen molar-refractivity contribution in [2.75, 3.05) is 13.6 Å². The summed E-state index contributed by atoms with van der Waals surface area (Å²) in [5, 5.41) is 0. The molecule has 0 aliphatic carbocycles. The van der Waals surface area contributed by atoms with Gasteiger partial charge in [0.15, 0.2) is 0 Å². The first-order valence-electron chi connectivity index (χ1n) is 4.44. The van der Waals surface area contributed by atoms with Gasteiger partial charge in [-0.1, -0.05) is 0 Å². The van der Waals surface area contributed by atoms with Crippen LogP contribution in [-0.2, 0) is 14.8 Å². The molecule has 0 spiro atoms. The molecule has 0 unspecified atom stereocenters. The maximum absolute atomic E-state index is 12.9. The number of rotatable bonds is 4. The zero-order chi connectivity index (χ0) is 13.2. The number of hydrogen-bond donors (Lipinski definition) is 1. The van der Waals surface area contributed by atoms with Crippen LogP contribution in [0, 0.1) is 11.6 Å². The Morgan fingerprint density at radius 2 is 1.76 bits per heavy atom. The monoisotopic (exact) mass is 264 g/mol. The van der Waals surface area contributed by atoms with Crippen LogP contribution in [0.5, 0.6) is 0 Å². The number of carbonyl (C=O) groups excluding carboxylic acids is 1. The lowest BCUT2D eigenvalue weighted by atomic mass is 10.3. The van der Waals surface area contributed by atoms with Crippen molar-refractivity contribution in [3.05, 3.63) is 29.8 Å². The molecule has 17 heavy (non-hydrogen) atoms. The summed E-state index contributed by atoms with van der Waals surface area (Å²) in [4.78, 5) is 10.0. The lowest BCUT2D eigenvalue weighted by Gasteiger charge is -2.15. The van der Waals surface area contributed by atoms with E-state index >= 15 is 0 Å². The van der Waals surface area contributed by atoms with Gasteiger partial charge in [0.05, 0.1) is 11.4 Å². The summed E-state index contributed by atoms with van der Waals surface area (Å²) in [6.45, 7) is -0.569. The summed E-state index contributed by atoms with van der Waals surface area (Å²) < 4.78 is 49.9. The van der Waals surface area contributed by atoms with Gasteiger partial charge >= 0.3 is 0 Å². The number of benzene rings is 1. The Morgan fingerprint density at radius 1 is 1.29 bits per heavy atom. The van der Waals surface area contributed by atoms with E-state index in [-0.39, 0.29) is 0 Å². The summed E-state index contributed by atoms with van der Waals surface area (Å²) in [6.07, 6.45) is 0. The van der Waals surface area contributed by atoms with E-state index < -0.39 is 39.0 Å².